The quantitative estimate of drug-likeness (QED) is 0.105. The zero-order valence-corrected chi connectivity index (χ0v) is 18.0. The molecule has 32 heavy (non-hydrogen) atoms. The number of carboxylic acids is 1. The summed E-state index contributed by atoms with van der Waals surface area (Å²) < 4.78 is 0. The van der Waals surface area contributed by atoms with Crippen LogP contribution in [-0.4, -0.2) is 71.3 Å². The molecule has 0 saturated carbocycles. The third-order valence-corrected chi connectivity index (χ3v) is 4.33. The Kier molecular flexibility index (Phi) is 13.2. The first-order chi connectivity index (χ1) is 14.9. The highest BCUT2D eigenvalue weighted by molar-refractivity contribution is 5.96. The molecule has 0 fully saturated rings. The summed E-state index contributed by atoms with van der Waals surface area (Å²) in [6.45, 7) is 1.79. The van der Waals surface area contributed by atoms with Gasteiger partial charge < -0.3 is 44.0 Å². The Morgan fingerprint density at radius 2 is 1.31 bits per heavy atom. The molecule has 0 aromatic heterocycles. The Morgan fingerprint density at radius 3 is 1.78 bits per heavy atom. The van der Waals surface area contributed by atoms with Crippen LogP contribution in [-0.2, 0) is 28.8 Å². The van der Waals surface area contributed by atoms with Crippen LogP contribution in [0.3, 0.4) is 0 Å². The molecule has 5 amide bonds. The fourth-order valence-corrected chi connectivity index (χ4v) is 2.56. The Bertz CT molecular complexity index is 699. The first-order valence-electron chi connectivity index (χ1n) is 10.0. The van der Waals surface area contributed by atoms with Crippen molar-refractivity contribution >= 4 is 35.5 Å². The second-order valence-electron chi connectivity index (χ2n) is 7.27. The summed E-state index contributed by atoms with van der Waals surface area (Å²) in [6, 6.07) is -4.97. The number of hydrogen-bond acceptors (Lipinski definition) is 8. The van der Waals surface area contributed by atoms with Crippen LogP contribution in [0.1, 0.15) is 45.4 Å². The first-order valence-corrected chi connectivity index (χ1v) is 10.0. The largest absolute Gasteiger partial charge is 0.480 e. The maximum atomic E-state index is 12.7. The number of carbonyl (C=O) groups excluding carboxylic acids is 5. The van der Waals surface area contributed by atoms with Crippen LogP contribution in [0.4, 0.5) is 0 Å². The highest BCUT2D eigenvalue weighted by Crippen LogP contribution is 2.05. The number of carbonyl (C=O) groups is 6. The molecule has 14 nitrogen and oxygen atoms in total. The Balaban J connectivity index is 5.42. The van der Waals surface area contributed by atoms with Gasteiger partial charge in [0.05, 0.1) is 12.5 Å². The fourth-order valence-electron chi connectivity index (χ4n) is 2.56. The van der Waals surface area contributed by atoms with Crippen LogP contribution in [0, 0.1) is 0 Å². The van der Waals surface area contributed by atoms with Crippen molar-refractivity contribution in [2.24, 2.45) is 22.9 Å². The molecule has 0 aliphatic rings. The van der Waals surface area contributed by atoms with Crippen LogP contribution in [0.25, 0.3) is 0 Å². The van der Waals surface area contributed by atoms with E-state index in [9.17, 15) is 33.9 Å². The maximum absolute atomic E-state index is 12.7. The van der Waals surface area contributed by atoms with E-state index in [1.807, 2.05) is 0 Å². The lowest BCUT2D eigenvalue weighted by atomic mass is 10.1. The molecule has 0 aromatic rings. The summed E-state index contributed by atoms with van der Waals surface area (Å²) in [7, 11) is 0. The van der Waals surface area contributed by atoms with E-state index in [1.165, 1.54) is 6.92 Å². The first kappa shape index (κ1) is 28.7. The van der Waals surface area contributed by atoms with Crippen LogP contribution in [0.15, 0.2) is 0 Å². The molecule has 4 atom stereocenters. The second kappa shape index (κ2) is 14.7. The van der Waals surface area contributed by atoms with Gasteiger partial charge in [0.1, 0.15) is 18.1 Å². The molecule has 4 unspecified atom stereocenters. The van der Waals surface area contributed by atoms with Gasteiger partial charge in [0.25, 0.3) is 0 Å². The van der Waals surface area contributed by atoms with Gasteiger partial charge in [-0.15, -0.1) is 0 Å². The van der Waals surface area contributed by atoms with Gasteiger partial charge in [0, 0.05) is 6.42 Å². The molecular weight excluding hydrogens is 426 g/mol. The minimum atomic E-state index is -1.51. The van der Waals surface area contributed by atoms with E-state index in [0.717, 1.165) is 0 Å². The van der Waals surface area contributed by atoms with Gasteiger partial charge in [-0.25, -0.2) is 4.79 Å². The highest BCUT2D eigenvalue weighted by atomic mass is 16.4. The van der Waals surface area contributed by atoms with Crippen molar-refractivity contribution in [1.29, 1.82) is 0 Å². The van der Waals surface area contributed by atoms with Crippen molar-refractivity contribution in [2.45, 2.75) is 69.6 Å². The lowest BCUT2D eigenvalue weighted by Gasteiger charge is -2.24. The Hall–Kier alpha value is -3.26. The number of carboxylic acid groups (broad SMARTS) is 1. The minimum Gasteiger partial charge on any atom is -0.480 e. The topological polar surface area (TPSA) is 263 Å². The van der Waals surface area contributed by atoms with Crippen molar-refractivity contribution < 1.29 is 33.9 Å². The molecule has 0 heterocycles. The van der Waals surface area contributed by atoms with E-state index in [1.54, 1.807) is 0 Å². The van der Waals surface area contributed by atoms with Gasteiger partial charge >= 0.3 is 5.97 Å². The average Bonchev–Trinajstić information content (AvgIpc) is 2.68. The van der Waals surface area contributed by atoms with Gasteiger partial charge in [-0.1, -0.05) is 0 Å². The fraction of sp³-hybridized carbons (Fsp3) is 0.667. The zero-order valence-electron chi connectivity index (χ0n) is 18.0. The molecule has 0 bridgehead atoms. The summed E-state index contributed by atoms with van der Waals surface area (Å²) >= 11 is 0. The van der Waals surface area contributed by atoms with E-state index in [2.05, 4.69) is 16.0 Å². The minimum absolute atomic E-state index is 0.183. The number of hydrogen-bond donors (Lipinski definition) is 8. The van der Waals surface area contributed by atoms with Gasteiger partial charge in [-0.05, 0) is 39.2 Å². The monoisotopic (exact) mass is 459 g/mol. The van der Waals surface area contributed by atoms with E-state index < -0.39 is 66.1 Å². The Morgan fingerprint density at radius 1 is 0.781 bits per heavy atom. The lowest BCUT2D eigenvalue weighted by Crippen LogP contribution is -2.57. The predicted octanol–water partition coefficient (Wildman–Crippen LogP) is -3.86. The van der Waals surface area contributed by atoms with Crippen LogP contribution < -0.4 is 38.9 Å². The summed E-state index contributed by atoms with van der Waals surface area (Å²) in [5, 5.41) is 16.1. The van der Waals surface area contributed by atoms with Crippen molar-refractivity contribution in [1.82, 2.24) is 16.0 Å². The van der Waals surface area contributed by atoms with E-state index in [4.69, 9.17) is 22.9 Å². The van der Waals surface area contributed by atoms with Crippen molar-refractivity contribution in [3.63, 3.8) is 0 Å². The average molecular weight is 460 g/mol. The molecule has 0 aliphatic heterocycles. The summed E-state index contributed by atoms with van der Waals surface area (Å²) in [5.41, 5.74) is 21.1. The highest BCUT2D eigenvalue weighted by Gasteiger charge is 2.30. The van der Waals surface area contributed by atoms with Gasteiger partial charge in [-0.2, -0.15) is 0 Å². The Labute approximate surface area is 185 Å². The predicted molar refractivity (Wildman–Crippen MR) is 112 cm³/mol. The van der Waals surface area contributed by atoms with Gasteiger partial charge in [0.2, 0.25) is 29.5 Å². The number of rotatable bonds is 16. The molecule has 0 aromatic carbocycles. The third kappa shape index (κ3) is 11.8. The number of aliphatic carboxylic acids is 1. The number of amides is 5. The normalized spacial score (nSPS) is 14.3. The molecule has 182 valence electrons. The van der Waals surface area contributed by atoms with Crippen molar-refractivity contribution in [3.8, 4) is 0 Å². The molecule has 0 aliphatic carbocycles. The SMILES string of the molecule is CC(N)C(=O)NC(CCCCN)C(=O)NC(CC(N)=O)C(=O)NC(CCC(N)=O)C(=O)O. The molecule has 0 spiro atoms. The molecule has 14 heteroatoms. The molecule has 12 N–H and O–H groups in total. The van der Waals surface area contributed by atoms with E-state index in [0.29, 0.717) is 19.4 Å². The smallest absolute Gasteiger partial charge is 0.326 e. The number of nitrogens with one attached hydrogen (secondary N) is 3. The molecule has 0 rings (SSSR count). The third-order valence-electron chi connectivity index (χ3n) is 4.33. The van der Waals surface area contributed by atoms with Crippen LogP contribution in [0.5, 0.6) is 0 Å². The lowest BCUT2D eigenvalue weighted by molar-refractivity contribution is -0.142. The number of unbranched alkanes of at least 4 members (excludes halogenated alkanes) is 1. The standard InChI is InChI=1S/C18H33N7O7/c1-9(20)15(28)23-10(4-2-3-7-19)16(29)25-12(8-14(22)27)17(30)24-11(18(31)32)5-6-13(21)26/h9-12H,2-8,19-20H2,1H3,(H2,21,26)(H2,22,27)(H,23,28)(H,24,30)(H,25,29)(H,31,32). The molecular formula is C18H33N7O7. The number of nitrogens with two attached hydrogens (primary N) is 4. The van der Waals surface area contributed by atoms with Gasteiger partial charge in [-0.3, -0.25) is 24.0 Å². The molecule has 0 radical (unpaired) electrons. The summed E-state index contributed by atoms with van der Waals surface area (Å²) in [4.78, 5) is 70.8. The maximum Gasteiger partial charge on any atom is 0.326 e. The summed E-state index contributed by atoms with van der Waals surface area (Å²) in [5.74, 6) is -5.54. The van der Waals surface area contributed by atoms with Crippen LogP contribution in [0.2, 0.25) is 0 Å². The zero-order chi connectivity index (χ0) is 24.8. The van der Waals surface area contributed by atoms with Crippen molar-refractivity contribution in [2.75, 3.05) is 6.54 Å². The van der Waals surface area contributed by atoms with E-state index >= 15 is 0 Å². The van der Waals surface area contributed by atoms with Crippen molar-refractivity contribution in [3.05, 3.63) is 0 Å². The summed E-state index contributed by atoms with van der Waals surface area (Å²) in [6.07, 6.45) is 0.00751. The number of primary amides is 2. The second-order valence-corrected chi connectivity index (χ2v) is 7.27. The van der Waals surface area contributed by atoms with Gasteiger partial charge in [0.15, 0.2) is 0 Å². The molecule has 0 saturated heterocycles. The van der Waals surface area contributed by atoms with Crippen LogP contribution >= 0.6 is 0 Å². The van der Waals surface area contributed by atoms with E-state index in [-0.39, 0.29) is 19.3 Å².